The molecule has 7 heteroatoms. The topological polar surface area (TPSA) is 59.8 Å². The summed E-state index contributed by atoms with van der Waals surface area (Å²) in [4.78, 5) is 12.0. The molecule has 1 aromatic carbocycles. The molecule has 0 unspecified atom stereocenters. The van der Waals surface area contributed by atoms with Gasteiger partial charge in [-0.25, -0.2) is 0 Å². The number of halogens is 1. The zero-order chi connectivity index (χ0) is 16.8. The molecule has 0 bridgehead atoms. The van der Waals surface area contributed by atoms with E-state index in [9.17, 15) is 4.79 Å². The quantitative estimate of drug-likeness (QED) is 0.773. The van der Waals surface area contributed by atoms with E-state index in [-0.39, 0.29) is 11.9 Å². The predicted molar refractivity (Wildman–Crippen MR) is 94.3 cm³/mol. The van der Waals surface area contributed by atoms with Crippen LogP contribution in [0, 0.1) is 6.92 Å². The van der Waals surface area contributed by atoms with Crippen molar-refractivity contribution in [2.24, 2.45) is 0 Å². The third-order valence-electron chi connectivity index (χ3n) is 3.63. The highest BCUT2D eigenvalue weighted by Crippen LogP contribution is 2.23. The highest BCUT2D eigenvalue weighted by Gasteiger charge is 2.13. The maximum absolute atomic E-state index is 12.0. The fraction of sp³-hybridized carbons (Fsp3) is 0.438. The van der Waals surface area contributed by atoms with Crippen molar-refractivity contribution in [3.63, 3.8) is 0 Å². The molecule has 1 aromatic heterocycles. The van der Waals surface area contributed by atoms with E-state index in [0.29, 0.717) is 15.9 Å². The minimum atomic E-state index is 0.0141. The van der Waals surface area contributed by atoms with Crippen molar-refractivity contribution in [1.82, 2.24) is 20.1 Å². The summed E-state index contributed by atoms with van der Waals surface area (Å²) in [6.45, 7) is 6.09. The molecule has 0 spiro atoms. The summed E-state index contributed by atoms with van der Waals surface area (Å²) in [5, 5.41) is 12.4. The molecule has 0 aliphatic carbocycles. The van der Waals surface area contributed by atoms with Gasteiger partial charge in [0.25, 0.3) is 0 Å². The number of rotatable bonds is 7. The number of thioether (sulfide) groups is 1. The van der Waals surface area contributed by atoms with Crippen LogP contribution in [0.1, 0.15) is 32.3 Å². The van der Waals surface area contributed by atoms with Crippen LogP contribution in [0.5, 0.6) is 0 Å². The summed E-state index contributed by atoms with van der Waals surface area (Å²) in [5.74, 6) is 0.328. The van der Waals surface area contributed by atoms with Crippen LogP contribution in [-0.2, 0) is 4.79 Å². The molecular formula is C16H21ClN4OS. The van der Waals surface area contributed by atoms with Crippen molar-refractivity contribution in [1.29, 1.82) is 0 Å². The number of hydrogen-bond acceptors (Lipinski definition) is 4. The second-order valence-corrected chi connectivity index (χ2v) is 6.64. The highest BCUT2D eigenvalue weighted by atomic mass is 35.5. The first-order chi connectivity index (χ1) is 11.0. The Morgan fingerprint density at radius 3 is 2.78 bits per heavy atom. The Morgan fingerprint density at radius 1 is 1.39 bits per heavy atom. The summed E-state index contributed by atoms with van der Waals surface area (Å²) in [6.07, 6.45) is 3.50. The number of benzene rings is 1. The lowest BCUT2D eigenvalue weighted by Gasteiger charge is -2.14. The van der Waals surface area contributed by atoms with Gasteiger partial charge in [-0.1, -0.05) is 43.3 Å². The van der Waals surface area contributed by atoms with Gasteiger partial charge in [-0.15, -0.1) is 10.2 Å². The summed E-state index contributed by atoms with van der Waals surface area (Å²) in [7, 11) is 0. The third-order valence-corrected chi connectivity index (χ3v) is 4.98. The van der Waals surface area contributed by atoms with E-state index < -0.39 is 0 Å². The molecule has 0 radical (unpaired) electrons. The van der Waals surface area contributed by atoms with Crippen LogP contribution in [0.3, 0.4) is 0 Å². The van der Waals surface area contributed by atoms with Crippen molar-refractivity contribution >= 4 is 29.3 Å². The minimum absolute atomic E-state index is 0.0141. The van der Waals surface area contributed by atoms with E-state index >= 15 is 0 Å². The minimum Gasteiger partial charge on any atom is -0.353 e. The molecule has 1 N–H and O–H groups in total. The maximum Gasteiger partial charge on any atom is 0.230 e. The molecule has 0 aliphatic heterocycles. The first-order valence-corrected chi connectivity index (χ1v) is 9.00. The van der Waals surface area contributed by atoms with Crippen LogP contribution in [0.25, 0.3) is 5.69 Å². The summed E-state index contributed by atoms with van der Waals surface area (Å²) in [6, 6.07) is 6.01. The van der Waals surface area contributed by atoms with Gasteiger partial charge in [0.1, 0.15) is 6.33 Å². The van der Waals surface area contributed by atoms with Gasteiger partial charge >= 0.3 is 0 Å². The largest absolute Gasteiger partial charge is 0.353 e. The van der Waals surface area contributed by atoms with E-state index in [1.807, 2.05) is 29.7 Å². The molecule has 0 fully saturated rings. The number of hydrogen-bond donors (Lipinski definition) is 1. The number of nitrogens with zero attached hydrogens (tertiary/aromatic N) is 3. The average molecular weight is 353 g/mol. The molecule has 2 aromatic rings. The highest BCUT2D eigenvalue weighted by molar-refractivity contribution is 7.99. The monoisotopic (exact) mass is 352 g/mol. The van der Waals surface area contributed by atoms with Gasteiger partial charge in [0.15, 0.2) is 5.16 Å². The summed E-state index contributed by atoms with van der Waals surface area (Å²) >= 11 is 7.54. The van der Waals surface area contributed by atoms with E-state index in [1.54, 1.807) is 6.33 Å². The van der Waals surface area contributed by atoms with Crippen LogP contribution in [0.15, 0.2) is 29.7 Å². The average Bonchev–Trinajstić information content (AvgIpc) is 3.01. The lowest BCUT2D eigenvalue weighted by molar-refractivity contribution is -0.119. The third kappa shape index (κ3) is 4.72. The van der Waals surface area contributed by atoms with Crippen LogP contribution in [0.4, 0.5) is 0 Å². The van der Waals surface area contributed by atoms with Crippen molar-refractivity contribution in [2.45, 2.75) is 44.8 Å². The molecule has 23 heavy (non-hydrogen) atoms. The number of carbonyl (C=O) groups excluding carboxylic acids is 1. The SMILES string of the molecule is CCC(CC)NC(=O)CSc1nncn1-c1ccc(C)c(Cl)c1. The molecule has 1 amide bonds. The van der Waals surface area contributed by atoms with Gasteiger partial charge in [0.2, 0.25) is 5.91 Å². The van der Waals surface area contributed by atoms with Gasteiger partial charge in [0, 0.05) is 11.1 Å². The maximum atomic E-state index is 12.0. The number of aryl methyl sites for hydroxylation is 1. The molecule has 0 aliphatic rings. The van der Waals surface area contributed by atoms with Crippen molar-refractivity contribution in [3.8, 4) is 5.69 Å². The number of nitrogens with one attached hydrogen (secondary N) is 1. The van der Waals surface area contributed by atoms with Gasteiger partial charge in [-0.3, -0.25) is 9.36 Å². The molecule has 5 nitrogen and oxygen atoms in total. The summed E-state index contributed by atoms with van der Waals surface area (Å²) in [5.41, 5.74) is 1.90. The van der Waals surface area contributed by atoms with Crippen LogP contribution >= 0.6 is 23.4 Å². The number of carbonyl (C=O) groups is 1. The van der Waals surface area contributed by atoms with Gasteiger partial charge in [-0.2, -0.15) is 0 Å². The predicted octanol–water partition coefficient (Wildman–Crippen LogP) is 3.63. The van der Waals surface area contributed by atoms with Crippen molar-refractivity contribution in [2.75, 3.05) is 5.75 Å². The number of amides is 1. The zero-order valence-electron chi connectivity index (χ0n) is 13.5. The second-order valence-electron chi connectivity index (χ2n) is 5.29. The van der Waals surface area contributed by atoms with Crippen LogP contribution < -0.4 is 5.32 Å². The first-order valence-electron chi connectivity index (χ1n) is 7.63. The van der Waals surface area contributed by atoms with Crippen LogP contribution in [-0.4, -0.2) is 32.5 Å². The summed E-state index contributed by atoms with van der Waals surface area (Å²) < 4.78 is 1.83. The Kier molecular flexibility index (Phi) is 6.47. The lowest BCUT2D eigenvalue weighted by Crippen LogP contribution is -2.35. The van der Waals surface area contributed by atoms with E-state index in [2.05, 4.69) is 29.4 Å². The van der Waals surface area contributed by atoms with Gasteiger partial charge < -0.3 is 5.32 Å². The van der Waals surface area contributed by atoms with E-state index in [4.69, 9.17) is 11.6 Å². The molecular weight excluding hydrogens is 332 g/mol. The molecule has 0 atom stereocenters. The molecule has 0 saturated heterocycles. The Balaban J connectivity index is 2.04. The smallest absolute Gasteiger partial charge is 0.230 e. The Morgan fingerprint density at radius 2 is 2.13 bits per heavy atom. The van der Waals surface area contributed by atoms with E-state index in [1.165, 1.54) is 11.8 Å². The van der Waals surface area contributed by atoms with E-state index in [0.717, 1.165) is 24.1 Å². The molecule has 124 valence electrons. The second kappa shape index (κ2) is 8.36. The zero-order valence-corrected chi connectivity index (χ0v) is 15.1. The Bertz CT molecular complexity index is 670. The first kappa shape index (κ1) is 17.8. The Labute approximate surface area is 145 Å². The van der Waals surface area contributed by atoms with Gasteiger partial charge in [0.05, 0.1) is 11.4 Å². The van der Waals surface area contributed by atoms with Crippen molar-refractivity contribution in [3.05, 3.63) is 35.1 Å². The lowest BCUT2D eigenvalue weighted by atomic mass is 10.2. The van der Waals surface area contributed by atoms with Gasteiger partial charge in [-0.05, 0) is 37.5 Å². The molecule has 2 rings (SSSR count). The number of aromatic nitrogens is 3. The fourth-order valence-electron chi connectivity index (χ4n) is 2.12. The normalized spacial score (nSPS) is 11.0. The molecule has 0 saturated carbocycles. The van der Waals surface area contributed by atoms with Crippen LogP contribution in [0.2, 0.25) is 5.02 Å². The molecule has 1 heterocycles. The van der Waals surface area contributed by atoms with Crippen molar-refractivity contribution < 1.29 is 4.79 Å². The Hall–Kier alpha value is -1.53. The fourth-order valence-corrected chi connectivity index (χ4v) is 3.04. The standard InChI is InChI=1S/C16H21ClN4OS/c1-4-12(5-2)19-15(22)9-23-16-20-18-10-21(16)13-7-6-11(3)14(17)8-13/h6-8,10,12H,4-5,9H2,1-3H3,(H,19,22).